The fourth-order valence-electron chi connectivity index (χ4n) is 3.57. The molecule has 0 aromatic rings. The van der Waals surface area contributed by atoms with Gasteiger partial charge in [-0.1, -0.05) is 52.0 Å². The molecule has 1 saturated carbocycles. The van der Waals surface area contributed by atoms with E-state index in [-0.39, 0.29) is 17.5 Å². The van der Waals surface area contributed by atoms with Gasteiger partial charge in [-0.05, 0) is 31.3 Å². The molecule has 136 valence electrons. The van der Waals surface area contributed by atoms with Crippen LogP contribution in [0.4, 0.5) is 0 Å². The number of aliphatic carboxylic acids is 1. The third-order valence-electron chi connectivity index (χ3n) is 4.98. The predicted octanol–water partition coefficient (Wildman–Crippen LogP) is 4.57. The summed E-state index contributed by atoms with van der Waals surface area (Å²) in [4.78, 5) is 35.8. The number of carbonyl (C=O) groups excluding carboxylic acids is 2. The fourth-order valence-corrected chi connectivity index (χ4v) is 3.57. The van der Waals surface area contributed by atoms with Gasteiger partial charge in [0.2, 0.25) is 0 Å². The van der Waals surface area contributed by atoms with E-state index in [4.69, 9.17) is 0 Å². The highest BCUT2D eigenvalue weighted by Crippen LogP contribution is 2.37. The molecule has 0 aromatic carbocycles. The molecule has 0 aromatic heterocycles. The van der Waals surface area contributed by atoms with Gasteiger partial charge in [0.15, 0.2) is 5.78 Å². The van der Waals surface area contributed by atoms with Gasteiger partial charge >= 0.3 is 5.97 Å². The van der Waals surface area contributed by atoms with E-state index in [1.165, 1.54) is 0 Å². The number of hydrogen-bond donors (Lipinski definition) is 1. The monoisotopic (exact) mass is 336 g/mol. The molecule has 4 nitrogen and oxygen atoms in total. The molecular weight excluding hydrogens is 304 g/mol. The maximum absolute atomic E-state index is 12.2. The molecule has 1 N–H and O–H groups in total. The van der Waals surface area contributed by atoms with E-state index in [9.17, 15) is 19.5 Å². The number of ketones is 2. The normalized spacial score (nSPS) is 22.2. The van der Waals surface area contributed by atoms with E-state index in [2.05, 4.69) is 13.8 Å². The number of carbonyl (C=O) groups is 3. The van der Waals surface area contributed by atoms with Gasteiger partial charge in [-0.15, -0.1) is 0 Å². The van der Waals surface area contributed by atoms with Crippen molar-refractivity contribution in [1.82, 2.24) is 0 Å². The summed E-state index contributed by atoms with van der Waals surface area (Å²) in [6.07, 6.45) is 11.4. The molecule has 1 aliphatic rings. The second kappa shape index (κ2) is 11.2. The summed E-state index contributed by atoms with van der Waals surface area (Å²) in [5, 5.41) is 9.55. The topological polar surface area (TPSA) is 71.4 Å². The van der Waals surface area contributed by atoms with Gasteiger partial charge < -0.3 is 5.11 Å². The largest absolute Gasteiger partial charge is 0.481 e. The summed E-state index contributed by atoms with van der Waals surface area (Å²) < 4.78 is 0. The van der Waals surface area contributed by atoms with E-state index < -0.39 is 17.8 Å². The Labute approximate surface area is 145 Å². The zero-order valence-corrected chi connectivity index (χ0v) is 15.1. The average molecular weight is 336 g/mol. The van der Waals surface area contributed by atoms with Crippen molar-refractivity contribution in [2.75, 3.05) is 0 Å². The maximum Gasteiger partial charge on any atom is 0.307 e. The number of allylic oxidation sites excluding steroid dienone is 2. The molecule has 1 fully saturated rings. The zero-order valence-electron chi connectivity index (χ0n) is 15.1. The van der Waals surface area contributed by atoms with Crippen LogP contribution in [-0.2, 0) is 14.4 Å². The number of Topliss-reactive ketones (excluding diaryl/α,β-unsaturated/α-hetero) is 1. The third kappa shape index (κ3) is 6.58. The highest BCUT2D eigenvalue weighted by Gasteiger charge is 2.41. The van der Waals surface area contributed by atoms with Crippen molar-refractivity contribution in [3.05, 3.63) is 12.2 Å². The number of rotatable bonds is 12. The summed E-state index contributed by atoms with van der Waals surface area (Å²) in [7, 11) is 0. The van der Waals surface area contributed by atoms with Gasteiger partial charge in [0, 0.05) is 18.8 Å². The summed E-state index contributed by atoms with van der Waals surface area (Å²) in [6.45, 7) is 4.17. The van der Waals surface area contributed by atoms with Gasteiger partial charge in [-0.2, -0.15) is 0 Å². The van der Waals surface area contributed by atoms with Crippen molar-refractivity contribution in [2.24, 2.45) is 17.8 Å². The smallest absolute Gasteiger partial charge is 0.307 e. The van der Waals surface area contributed by atoms with Crippen LogP contribution in [0, 0.1) is 17.8 Å². The standard InChI is InChI=1S/C20H32O4/c1-3-5-7-9-16(21)13-11-15-12-14-18(22)19(15)17(20(23)24)10-8-6-4-2/h11,13,15,17,19H,3-10,12,14H2,1-2H3,(H,23,24)/t15-,17?,19+/m0/s1. The molecule has 0 bridgehead atoms. The molecule has 1 rings (SSSR count). The maximum atomic E-state index is 12.2. The molecule has 24 heavy (non-hydrogen) atoms. The average Bonchev–Trinajstić information content (AvgIpc) is 2.90. The van der Waals surface area contributed by atoms with Crippen LogP contribution >= 0.6 is 0 Å². The molecular formula is C20H32O4. The van der Waals surface area contributed by atoms with Crippen molar-refractivity contribution in [2.45, 2.75) is 78.1 Å². The Bertz CT molecular complexity index is 453. The van der Waals surface area contributed by atoms with E-state index >= 15 is 0 Å². The van der Waals surface area contributed by atoms with Crippen molar-refractivity contribution in [3.63, 3.8) is 0 Å². The lowest BCUT2D eigenvalue weighted by Gasteiger charge is -2.22. The van der Waals surface area contributed by atoms with Crippen LogP contribution in [0.15, 0.2) is 12.2 Å². The molecule has 0 heterocycles. The molecule has 0 amide bonds. The molecule has 0 spiro atoms. The molecule has 3 atom stereocenters. The highest BCUT2D eigenvalue weighted by atomic mass is 16.4. The van der Waals surface area contributed by atoms with Gasteiger partial charge in [0.05, 0.1) is 5.92 Å². The van der Waals surface area contributed by atoms with Crippen LogP contribution in [0.2, 0.25) is 0 Å². The summed E-state index contributed by atoms with van der Waals surface area (Å²) >= 11 is 0. The molecule has 0 aliphatic heterocycles. The minimum atomic E-state index is -0.876. The molecule has 1 unspecified atom stereocenters. The van der Waals surface area contributed by atoms with E-state index in [0.29, 0.717) is 25.7 Å². The van der Waals surface area contributed by atoms with Crippen molar-refractivity contribution in [3.8, 4) is 0 Å². The minimum absolute atomic E-state index is 0.0481. The van der Waals surface area contributed by atoms with Crippen LogP contribution in [0.1, 0.15) is 78.1 Å². The fraction of sp³-hybridized carbons (Fsp3) is 0.750. The summed E-state index contributed by atoms with van der Waals surface area (Å²) in [6, 6.07) is 0. The first-order valence-electron chi connectivity index (χ1n) is 9.47. The van der Waals surface area contributed by atoms with E-state index in [0.717, 1.165) is 38.5 Å². The Morgan fingerprint density at radius 2 is 1.83 bits per heavy atom. The lowest BCUT2D eigenvalue weighted by molar-refractivity contribution is -0.147. The lowest BCUT2D eigenvalue weighted by atomic mass is 9.80. The molecule has 0 radical (unpaired) electrons. The van der Waals surface area contributed by atoms with Crippen molar-refractivity contribution < 1.29 is 19.5 Å². The Kier molecular flexibility index (Phi) is 9.58. The number of carboxylic acid groups (broad SMARTS) is 1. The van der Waals surface area contributed by atoms with Crippen LogP contribution in [0.5, 0.6) is 0 Å². The number of unbranched alkanes of at least 4 members (excludes halogenated alkanes) is 4. The molecule has 0 saturated heterocycles. The second-order valence-electron chi connectivity index (χ2n) is 6.92. The number of hydrogen-bond acceptors (Lipinski definition) is 3. The van der Waals surface area contributed by atoms with E-state index in [1.807, 2.05) is 0 Å². The number of carboxylic acids is 1. The van der Waals surface area contributed by atoms with Gasteiger partial charge in [-0.25, -0.2) is 0 Å². The lowest BCUT2D eigenvalue weighted by Crippen LogP contribution is -2.30. The Balaban J connectivity index is 2.69. The third-order valence-corrected chi connectivity index (χ3v) is 4.98. The first kappa shape index (κ1) is 20.6. The first-order valence-corrected chi connectivity index (χ1v) is 9.47. The Morgan fingerprint density at radius 3 is 2.46 bits per heavy atom. The summed E-state index contributed by atoms with van der Waals surface area (Å²) in [5.74, 6) is -1.92. The van der Waals surface area contributed by atoms with Crippen LogP contribution in [0.25, 0.3) is 0 Å². The van der Waals surface area contributed by atoms with E-state index in [1.54, 1.807) is 12.2 Å². The highest BCUT2D eigenvalue weighted by molar-refractivity contribution is 5.91. The second-order valence-corrected chi connectivity index (χ2v) is 6.92. The van der Waals surface area contributed by atoms with Gasteiger partial charge in [0.25, 0.3) is 0 Å². The zero-order chi connectivity index (χ0) is 17.9. The molecule has 1 aliphatic carbocycles. The van der Waals surface area contributed by atoms with Crippen LogP contribution < -0.4 is 0 Å². The minimum Gasteiger partial charge on any atom is -0.481 e. The van der Waals surface area contributed by atoms with Crippen molar-refractivity contribution >= 4 is 17.5 Å². The molecule has 4 heteroatoms. The van der Waals surface area contributed by atoms with Crippen molar-refractivity contribution in [1.29, 1.82) is 0 Å². The predicted molar refractivity (Wildman–Crippen MR) is 94.8 cm³/mol. The van der Waals surface area contributed by atoms with Crippen LogP contribution in [0.3, 0.4) is 0 Å². The summed E-state index contributed by atoms with van der Waals surface area (Å²) in [5.41, 5.74) is 0. The SMILES string of the molecule is CCCCCC(=O)C=C[C@H]1CCC(=O)[C@H]1C(CCCCC)C(=O)O. The quantitative estimate of drug-likeness (QED) is 0.418. The van der Waals surface area contributed by atoms with Gasteiger partial charge in [0.1, 0.15) is 5.78 Å². The Morgan fingerprint density at radius 1 is 1.17 bits per heavy atom. The van der Waals surface area contributed by atoms with Gasteiger partial charge in [-0.3, -0.25) is 14.4 Å². The Hall–Kier alpha value is -1.45. The van der Waals surface area contributed by atoms with Crippen LogP contribution in [-0.4, -0.2) is 22.6 Å². The first-order chi connectivity index (χ1) is 11.5.